The standard InChI is InChI=1S/C11H16N2O2/c1-13(2)8-7-9-5-3-4-6-10(9)15-11(12)14/h3-6H,7-8H2,1-2H3,(H2,12,14). The van der Waals surface area contributed by atoms with Gasteiger partial charge in [-0.1, -0.05) is 18.2 Å². The van der Waals surface area contributed by atoms with Crippen molar-refractivity contribution in [2.24, 2.45) is 5.73 Å². The number of carbonyl (C=O) groups is 1. The van der Waals surface area contributed by atoms with Crippen LogP contribution in [0.4, 0.5) is 4.79 Å². The number of rotatable bonds is 4. The second-order valence-electron chi connectivity index (χ2n) is 3.58. The third kappa shape index (κ3) is 3.99. The van der Waals surface area contributed by atoms with Gasteiger partial charge in [0.25, 0.3) is 0 Å². The smallest absolute Gasteiger partial charge is 0.409 e. The number of hydrogen-bond acceptors (Lipinski definition) is 3. The van der Waals surface area contributed by atoms with Crippen LogP contribution < -0.4 is 10.5 Å². The summed E-state index contributed by atoms with van der Waals surface area (Å²) in [5.41, 5.74) is 5.97. The molecule has 0 fully saturated rings. The van der Waals surface area contributed by atoms with Crippen LogP contribution in [0.2, 0.25) is 0 Å². The minimum Gasteiger partial charge on any atom is -0.410 e. The van der Waals surface area contributed by atoms with E-state index in [4.69, 9.17) is 10.5 Å². The second-order valence-corrected chi connectivity index (χ2v) is 3.58. The monoisotopic (exact) mass is 208 g/mol. The van der Waals surface area contributed by atoms with Gasteiger partial charge in [-0.3, -0.25) is 0 Å². The van der Waals surface area contributed by atoms with E-state index in [2.05, 4.69) is 4.90 Å². The van der Waals surface area contributed by atoms with Crippen LogP contribution in [0, 0.1) is 0 Å². The Morgan fingerprint density at radius 3 is 2.67 bits per heavy atom. The summed E-state index contributed by atoms with van der Waals surface area (Å²) in [7, 11) is 4.00. The number of hydrogen-bond donors (Lipinski definition) is 1. The first kappa shape index (κ1) is 11.5. The number of primary amides is 1. The van der Waals surface area contributed by atoms with Gasteiger partial charge < -0.3 is 15.4 Å². The van der Waals surface area contributed by atoms with E-state index in [1.165, 1.54) is 0 Å². The molecule has 0 atom stereocenters. The first-order chi connectivity index (χ1) is 7.09. The van der Waals surface area contributed by atoms with Crippen LogP contribution in [0.3, 0.4) is 0 Å². The zero-order valence-electron chi connectivity index (χ0n) is 9.06. The Morgan fingerprint density at radius 1 is 1.40 bits per heavy atom. The minimum absolute atomic E-state index is 0.548. The van der Waals surface area contributed by atoms with Gasteiger partial charge in [0, 0.05) is 6.54 Å². The molecule has 0 radical (unpaired) electrons. The lowest BCUT2D eigenvalue weighted by atomic mass is 10.1. The van der Waals surface area contributed by atoms with Crippen LogP contribution in [0.1, 0.15) is 5.56 Å². The van der Waals surface area contributed by atoms with Crippen molar-refractivity contribution in [3.05, 3.63) is 29.8 Å². The molecule has 0 saturated carbocycles. The van der Waals surface area contributed by atoms with Gasteiger partial charge in [-0.15, -0.1) is 0 Å². The predicted molar refractivity (Wildman–Crippen MR) is 58.9 cm³/mol. The summed E-state index contributed by atoms with van der Waals surface area (Å²) in [6, 6.07) is 7.41. The van der Waals surface area contributed by atoms with Gasteiger partial charge in [-0.2, -0.15) is 0 Å². The summed E-state index contributed by atoms with van der Waals surface area (Å²) in [6.07, 6.45) is 0.0588. The molecule has 0 aliphatic carbocycles. The van der Waals surface area contributed by atoms with E-state index < -0.39 is 6.09 Å². The maximum absolute atomic E-state index is 10.6. The molecular weight excluding hydrogens is 192 g/mol. The molecule has 15 heavy (non-hydrogen) atoms. The fourth-order valence-corrected chi connectivity index (χ4v) is 1.26. The van der Waals surface area contributed by atoms with Gasteiger partial charge >= 0.3 is 6.09 Å². The van der Waals surface area contributed by atoms with Gasteiger partial charge in [0.15, 0.2) is 0 Å². The summed E-state index contributed by atoms with van der Waals surface area (Å²) in [5.74, 6) is 0.548. The number of carbonyl (C=O) groups excluding carboxylic acids is 1. The van der Waals surface area contributed by atoms with Crippen LogP contribution in [0.15, 0.2) is 24.3 Å². The van der Waals surface area contributed by atoms with Gasteiger partial charge in [-0.25, -0.2) is 4.79 Å². The number of amides is 1. The average Bonchev–Trinajstić information content (AvgIpc) is 2.15. The van der Waals surface area contributed by atoms with E-state index in [0.29, 0.717) is 5.75 Å². The number of likely N-dealkylation sites (N-methyl/N-ethyl adjacent to an activating group) is 1. The maximum Gasteiger partial charge on any atom is 0.409 e. The molecule has 1 rings (SSSR count). The third-order valence-corrected chi connectivity index (χ3v) is 2.01. The van der Waals surface area contributed by atoms with Gasteiger partial charge in [0.2, 0.25) is 0 Å². The molecule has 1 aromatic rings. The zero-order valence-corrected chi connectivity index (χ0v) is 9.06. The highest BCUT2D eigenvalue weighted by Gasteiger charge is 2.05. The Balaban J connectivity index is 2.72. The van der Waals surface area contributed by atoms with Gasteiger partial charge in [-0.05, 0) is 32.1 Å². The van der Waals surface area contributed by atoms with Crippen molar-refractivity contribution in [2.45, 2.75) is 6.42 Å². The minimum atomic E-state index is -0.771. The molecular formula is C11H16N2O2. The molecule has 0 saturated heterocycles. The quantitative estimate of drug-likeness (QED) is 0.810. The lowest BCUT2D eigenvalue weighted by Gasteiger charge is -2.11. The van der Waals surface area contributed by atoms with Crippen molar-refractivity contribution in [3.63, 3.8) is 0 Å². The second kappa shape index (κ2) is 5.36. The van der Waals surface area contributed by atoms with Gasteiger partial charge in [0.05, 0.1) is 0 Å². The SMILES string of the molecule is CN(C)CCc1ccccc1OC(N)=O. The summed E-state index contributed by atoms with van der Waals surface area (Å²) in [4.78, 5) is 12.7. The molecule has 4 nitrogen and oxygen atoms in total. The van der Waals surface area contributed by atoms with E-state index in [1.807, 2.05) is 32.3 Å². The van der Waals surface area contributed by atoms with Crippen LogP contribution in [0.25, 0.3) is 0 Å². The van der Waals surface area contributed by atoms with Crippen LogP contribution in [-0.4, -0.2) is 31.6 Å². The molecule has 0 heterocycles. The number of nitrogens with zero attached hydrogens (tertiary/aromatic N) is 1. The molecule has 1 aromatic carbocycles. The summed E-state index contributed by atoms with van der Waals surface area (Å²) in [6.45, 7) is 0.902. The van der Waals surface area contributed by atoms with E-state index in [0.717, 1.165) is 18.5 Å². The maximum atomic E-state index is 10.6. The van der Waals surface area contributed by atoms with Crippen LogP contribution in [0.5, 0.6) is 5.75 Å². The molecule has 0 aliphatic rings. The molecule has 0 aromatic heterocycles. The van der Waals surface area contributed by atoms with Crippen molar-refractivity contribution in [1.82, 2.24) is 4.90 Å². The molecule has 0 bridgehead atoms. The number of nitrogens with two attached hydrogens (primary N) is 1. The normalized spacial score (nSPS) is 10.3. The number of ether oxygens (including phenoxy) is 1. The van der Waals surface area contributed by atoms with Crippen molar-refractivity contribution in [3.8, 4) is 5.75 Å². The van der Waals surface area contributed by atoms with Crippen molar-refractivity contribution >= 4 is 6.09 Å². The summed E-state index contributed by atoms with van der Waals surface area (Å²) < 4.78 is 4.90. The average molecular weight is 208 g/mol. The van der Waals surface area contributed by atoms with Crippen molar-refractivity contribution < 1.29 is 9.53 Å². The van der Waals surface area contributed by atoms with E-state index in [-0.39, 0.29) is 0 Å². The Morgan fingerprint density at radius 2 is 2.07 bits per heavy atom. The fourth-order valence-electron chi connectivity index (χ4n) is 1.26. The topological polar surface area (TPSA) is 55.6 Å². The molecule has 0 unspecified atom stereocenters. The Labute approximate surface area is 89.6 Å². The number of benzene rings is 1. The fraction of sp³-hybridized carbons (Fsp3) is 0.364. The third-order valence-electron chi connectivity index (χ3n) is 2.01. The van der Waals surface area contributed by atoms with Crippen LogP contribution >= 0.6 is 0 Å². The Hall–Kier alpha value is -1.55. The summed E-state index contributed by atoms with van der Waals surface area (Å²) in [5, 5.41) is 0. The lowest BCUT2D eigenvalue weighted by molar-refractivity contribution is 0.210. The van der Waals surface area contributed by atoms with Crippen molar-refractivity contribution in [2.75, 3.05) is 20.6 Å². The molecule has 82 valence electrons. The van der Waals surface area contributed by atoms with Crippen LogP contribution in [-0.2, 0) is 6.42 Å². The highest BCUT2D eigenvalue weighted by atomic mass is 16.5. The first-order valence-electron chi connectivity index (χ1n) is 4.79. The van der Waals surface area contributed by atoms with E-state index in [1.54, 1.807) is 6.07 Å². The van der Waals surface area contributed by atoms with Gasteiger partial charge in [0.1, 0.15) is 5.75 Å². The van der Waals surface area contributed by atoms with E-state index in [9.17, 15) is 4.79 Å². The Kier molecular flexibility index (Phi) is 4.12. The van der Waals surface area contributed by atoms with Crippen molar-refractivity contribution in [1.29, 1.82) is 0 Å². The summed E-state index contributed by atoms with van der Waals surface area (Å²) >= 11 is 0. The molecule has 4 heteroatoms. The van der Waals surface area contributed by atoms with E-state index >= 15 is 0 Å². The largest absolute Gasteiger partial charge is 0.410 e. The molecule has 0 aliphatic heterocycles. The molecule has 2 N–H and O–H groups in total. The first-order valence-corrected chi connectivity index (χ1v) is 4.79. The lowest BCUT2D eigenvalue weighted by Crippen LogP contribution is -2.19. The predicted octanol–water partition coefficient (Wildman–Crippen LogP) is 1.25. The molecule has 1 amide bonds. The number of para-hydroxylation sites is 1. The zero-order chi connectivity index (χ0) is 11.3. The molecule has 0 spiro atoms. The highest BCUT2D eigenvalue weighted by Crippen LogP contribution is 2.18. The highest BCUT2D eigenvalue weighted by molar-refractivity contribution is 5.68. The Bertz CT molecular complexity index is 337.